The van der Waals surface area contributed by atoms with Crippen LogP contribution in [-0.2, 0) is 0 Å². The average Bonchev–Trinajstić information content (AvgIpc) is 3.54. The fourth-order valence-corrected chi connectivity index (χ4v) is 2.96. The van der Waals surface area contributed by atoms with Crippen LogP contribution in [0.2, 0.25) is 5.15 Å². The number of ether oxygens (including phenoxy) is 1. The van der Waals surface area contributed by atoms with Crippen LogP contribution >= 0.6 is 11.6 Å². The van der Waals surface area contributed by atoms with Gasteiger partial charge in [0.25, 0.3) is 5.91 Å². The van der Waals surface area contributed by atoms with Crippen LogP contribution in [0.15, 0.2) is 16.7 Å². The second-order valence-electron chi connectivity index (χ2n) is 7.12. The lowest BCUT2D eigenvalue weighted by atomic mass is 10.1. The SMILES string of the molecule is Cc1nc([C@H](CC2CC2)NC(=O)c2ccc(OCC3CC3)c(Cl)n2)no1. The third-order valence-corrected chi connectivity index (χ3v) is 4.92. The Morgan fingerprint density at radius 1 is 1.31 bits per heavy atom. The Morgan fingerprint density at radius 2 is 2.08 bits per heavy atom. The van der Waals surface area contributed by atoms with Gasteiger partial charge in [0.1, 0.15) is 5.69 Å². The van der Waals surface area contributed by atoms with Crippen molar-refractivity contribution < 1.29 is 14.1 Å². The first-order valence-electron chi connectivity index (χ1n) is 8.99. The van der Waals surface area contributed by atoms with Crippen molar-refractivity contribution in [2.75, 3.05) is 6.61 Å². The molecule has 2 aliphatic carbocycles. The van der Waals surface area contributed by atoms with Gasteiger partial charge < -0.3 is 14.6 Å². The number of aryl methyl sites for hydroxylation is 1. The van der Waals surface area contributed by atoms with E-state index in [0.717, 1.165) is 6.42 Å². The molecule has 2 aliphatic rings. The summed E-state index contributed by atoms with van der Waals surface area (Å²) in [6, 6.07) is 3.03. The molecule has 0 aliphatic heterocycles. The predicted octanol–water partition coefficient (Wildman–Crippen LogP) is 3.49. The normalized spacial score (nSPS) is 17.8. The molecule has 2 aromatic rings. The number of carbonyl (C=O) groups is 1. The summed E-state index contributed by atoms with van der Waals surface area (Å²) in [5, 5.41) is 7.11. The van der Waals surface area contributed by atoms with E-state index < -0.39 is 0 Å². The van der Waals surface area contributed by atoms with E-state index in [0.29, 0.717) is 35.9 Å². The minimum atomic E-state index is -0.311. The lowest BCUT2D eigenvalue weighted by Crippen LogP contribution is -2.30. The average molecular weight is 377 g/mol. The highest BCUT2D eigenvalue weighted by Crippen LogP contribution is 2.37. The van der Waals surface area contributed by atoms with Crippen molar-refractivity contribution in [3.63, 3.8) is 0 Å². The Hall–Kier alpha value is -2.15. The zero-order valence-corrected chi connectivity index (χ0v) is 15.3. The number of hydrogen-bond donors (Lipinski definition) is 1. The Kier molecular flexibility index (Phi) is 4.80. The van der Waals surface area contributed by atoms with Crippen molar-refractivity contribution in [2.24, 2.45) is 11.8 Å². The van der Waals surface area contributed by atoms with Crippen LogP contribution < -0.4 is 10.1 Å². The summed E-state index contributed by atoms with van der Waals surface area (Å²) < 4.78 is 10.7. The summed E-state index contributed by atoms with van der Waals surface area (Å²) in [5.74, 6) is 2.39. The maximum atomic E-state index is 12.6. The number of carbonyl (C=O) groups excluding carboxylic acids is 1. The maximum absolute atomic E-state index is 12.6. The molecule has 0 saturated heterocycles. The molecule has 0 spiro atoms. The van der Waals surface area contributed by atoms with Crippen LogP contribution in [0.4, 0.5) is 0 Å². The van der Waals surface area contributed by atoms with Crippen molar-refractivity contribution in [3.05, 3.63) is 34.7 Å². The Morgan fingerprint density at radius 3 is 2.69 bits per heavy atom. The zero-order chi connectivity index (χ0) is 18.1. The molecular weight excluding hydrogens is 356 g/mol. The Bertz CT molecular complexity index is 801. The first kappa shape index (κ1) is 17.3. The van der Waals surface area contributed by atoms with Crippen molar-refractivity contribution >= 4 is 17.5 Å². The molecule has 26 heavy (non-hydrogen) atoms. The highest BCUT2D eigenvalue weighted by molar-refractivity contribution is 6.31. The number of pyridine rings is 1. The van der Waals surface area contributed by atoms with E-state index in [9.17, 15) is 4.79 Å². The number of rotatable bonds is 8. The summed E-state index contributed by atoms with van der Waals surface area (Å²) in [7, 11) is 0. The van der Waals surface area contributed by atoms with Gasteiger partial charge in [-0.2, -0.15) is 4.98 Å². The Balaban J connectivity index is 1.43. The molecule has 8 heteroatoms. The molecule has 2 fully saturated rings. The van der Waals surface area contributed by atoms with Gasteiger partial charge in [-0.3, -0.25) is 4.79 Å². The van der Waals surface area contributed by atoms with Crippen LogP contribution in [0.5, 0.6) is 5.75 Å². The van der Waals surface area contributed by atoms with E-state index in [2.05, 4.69) is 20.4 Å². The molecule has 2 saturated carbocycles. The summed E-state index contributed by atoms with van der Waals surface area (Å²) in [6.45, 7) is 2.38. The van der Waals surface area contributed by atoms with Gasteiger partial charge >= 0.3 is 0 Å². The molecule has 0 bridgehead atoms. The molecule has 4 rings (SSSR count). The van der Waals surface area contributed by atoms with Crippen molar-refractivity contribution in [3.8, 4) is 5.75 Å². The smallest absolute Gasteiger partial charge is 0.270 e. The van der Waals surface area contributed by atoms with Gasteiger partial charge in [-0.05, 0) is 43.2 Å². The van der Waals surface area contributed by atoms with Crippen LogP contribution in [0.3, 0.4) is 0 Å². The molecular formula is C18H21ClN4O3. The first-order valence-corrected chi connectivity index (χ1v) is 9.36. The molecule has 0 radical (unpaired) electrons. The van der Waals surface area contributed by atoms with Gasteiger partial charge in [0, 0.05) is 6.92 Å². The molecule has 138 valence electrons. The quantitative estimate of drug-likeness (QED) is 0.709. The number of hydrogen-bond acceptors (Lipinski definition) is 6. The van der Waals surface area contributed by atoms with E-state index in [1.807, 2.05) is 0 Å². The molecule has 0 aromatic carbocycles. The molecule has 1 amide bonds. The number of halogens is 1. The van der Waals surface area contributed by atoms with Crippen LogP contribution in [-0.4, -0.2) is 27.6 Å². The molecule has 0 unspecified atom stereocenters. The number of amides is 1. The summed E-state index contributed by atoms with van der Waals surface area (Å²) >= 11 is 6.17. The van der Waals surface area contributed by atoms with Crippen LogP contribution in [0.25, 0.3) is 0 Å². The van der Waals surface area contributed by atoms with E-state index in [4.69, 9.17) is 20.9 Å². The number of nitrogens with zero attached hydrogens (tertiary/aromatic N) is 3. The van der Waals surface area contributed by atoms with Gasteiger partial charge in [0.15, 0.2) is 16.7 Å². The van der Waals surface area contributed by atoms with E-state index in [1.54, 1.807) is 19.1 Å². The second kappa shape index (κ2) is 7.23. The number of nitrogens with one attached hydrogen (secondary N) is 1. The fraction of sp³-hybridized carbons (Fsp3) is 0.556. The third kappa shape index (κ3) is 4.33. The largest absolute Gasteiger partial charge is 0.490 e. The first-order chi connectivity index (χ1) is 12.6. The molecule has 2 aromatic heterocycles. The topological polar surface area (TPSA) is 90.1 Å². The highest BCUT2D eigenvalue weighted by atomic mass is 35.5. The minimum Gasteiger partial charge on any atom is -0.490 e. The monoisotopic (exact) mass is 376 g/mol. The maximum Gasteiger partial charge on any atom is 0.270 e. The van der Waals surface area contributed by atoms with E-state index >= 15 is 0 Å². The lowest BCUT2D eigenvalue weighted by molar-refractivity contribution is 0.0925. The predicted molar refractivity (Wildman–Crippen MR) is 94.0 cm³/mol. The van der Waals surface area contributed by atoms with Gasteiger partial charge in [0.2, 0.25) is 5.89 Å². The summed E-state index contributed by atoms with van der Waals surface area (Å²) in [5.41, 5.74) is 0.245. The summed E-state index contributed by atoms with van der Waals surface area (Å²) in [4.78, 5) is 21.1. The molecule has 1 atom stereocenters. The highest BCUT2D eigenvalue weighted by Gasteiger charge is 2.30. The lowest BCUT2D eigenvalue weighted by Gasteiger charge is -2.15. The zero-order valence-electron chi connectivity index (χ0n) is 14.6. The second-order valence-corrected chi connectivity index (χ2v) is 7.47. The molecule has 2 heterocycles. The third-order valence-electron chi connectivity index (χ3n) is 4.64. The molecule has 7 nitrogen and oxygen atoms in total. The van der Waals surface area contributed by atoms with Gasteiger partial charge in [-0.25, -0.2) is 4.98 Å². The van der Waals surface area contributed by atoms with Crippen molar-refractivity contribution in [2.45, 2.75) is 45.1 Å². The molecule has 1 N–H and O–H groups in total. The van der Waals surface area contributed by atoms with Crippen molar-refractivity contribution in [1.82, 2.24) is 20.4 Å². The Labute approximate surface area is 156 Å². The standard InChI is InChI=1S/C18H21ClN4O3/c1-10-20-17(23-26-10)14(8-11-2-3-11)22-18(24)13-6-7-15(16(19)21-13)25-9-12-4-5-12/h6-7,11-12,14H,2-5,8-9H2,1H3,(H,22,24)/t14-/m0/s1. The van der Waals surface area contributed by atoms with Crippen molar-refractivity contribution in [1.29, 1.82) is 0 Å². The van der Waals surface area contributed by atoms with Crippen LogP contribution in [0, 0.1) is 18.8 Å². The van der Waals surface area contributed by atoms with Crippen LogP contribution in [0.1, 0.15) is 60.3 Å². The fourth-order valence-electron chi connectivity index (χ4n) is 2.75. The summed E-state index contributed by atoms with van der Waals surface area (Å²) in [6.07, 6.45) is 5.52. The van der Waals surface area contributed by atoms with E-state index in [-0.39, 0.29) is 22.8 Å². The number of aromatic nitrogens is 3. The minimum absolute atomic E-state index is 0.201. The van der Waals surface area contributed by atoms with Gasteiger partial charge in [0.05, 0.1) is 12.6 Å². The van der Waals surface area contributed by atoms with E-state index in [1.165, 1.54) is 25.7 Å². The van der Waals surface area contributed by atoms with Gasteiger partial charge in [-0.15, -0.1) is 0 Å². The van der Waals surface area contributed by atoms with Gasteiger partial charge in [-0.1, -0.05) is 29.6 Å².